The summed E-state index contributed by atoms with van der Waals surface area (Å²) in [5.41, 5.74) is 1.16. The van der Waals surface area contributed by atoms with Crippen LogP contribution in [-0.2, 0) is 6.54 Å². The molecule has 2 aliphatic rings. The molecule has 0 spiro atoms. The number of guanidine groups is 1. The van der Waals surface area contributed by atoms with Crippen LogP contribution in [0, 0.1) is 5.92 Å². The van der Waals surface area contributed by atoms with Gasteiger partial charge in [-0.25, -0.2) is 0 Å². The zero-order valence-corrected chi connectivity index (χ0v) is 12.7. The molecule has 5 nitrogen and oxygen atoms in total. The summed E-state index contributed by atoms with van der Waals surface area (Å²) in [6, 6.07) is 6.60. The summed E-state index contributed by atoms with van der Waals surface area (Å²) in [4.78, 5) is 4.29. The number of ether oxygens (including phenoxy) is 2. The zero-order chi connectivity index (χ0) is 14.7. The first-order valence-electron chi connectivity index (χ1n) is 7.66. The van der Waals surface area contributed by atoms with Gasteiger partial charge in [0.15, 0.2) is 17.5 Å². The van der Waals surface area contributed by atoms with Gasteiger partial charge in [0.2, 0.25) is 6.79 Å². The van der Waals surface area contributed by atoms with Crippen molar-refractivity contribution in [2.75, 3.05) is 13.8 Å². The van der Waals surface area contributed by atoms with Gasteiger partial charge in [0, 0.05) is 19.6 Å². The smallest absolute Gasteiger partial charge is 0.231 e. The van der Waals surface area contributed by atoms with Crippen LogP contribution in [0.2, 0.25) is 0 Å². The van der Waals surface area contributed by atoms with Crippen molar-refractivity contribution in [1.82, 2.24) is 10.6 Å². The maximum Gasteiger partial charge on any atom is 0.231 e. The highest BCUT2D eigenvalue weighted by molar-refractivity contribution is 5.80. The Morgan fingerprint density at radius 1 is 1.33 bits per heavy atom. The minimum atomic E-state index is 0.315. The lowest BCUT2D eigenvalue weighted by molar-refractivity contribution is 0.174. The zero-order valence-electron chi connectivity index (χ0n) is 12.7. The van der Waals surface area contributed by atoms with Crippen LogP contribution >= 0.6 is 0 Å². The van der Waals surface area contributed by atoms with Crippen LogP contribution in [0.15, 0.2) is 23.2 Å². The van der Waals surface area contributed by atoms with E-state index in [9.17, 15) is 0 Å². The average molecular weight is 289 g/mol. The molecule has 2 unspecified atom stereocenters. The van der Waals surface area contributed by atoms with Crippen LogP contribution in [0.1, 0.15) is 31.7 Å². The van der Waals surface area contributed by atoms with Crippen molar-refractivity contribution < 1.29 is 9.47 Å². The van der Waals surface area contributed by atoms with Gasteiger partial charge in [-0.15, -0.1) is 0 Å². The van der Waals surface area contributed by atoms with Crippen LogP contribution in [-0.4, -0.2) is 25.8 Å². The molecule has 1 aliphatic heterocycles. The third-order valence-corrected chi connectivity index (χ3v) is 4.02. The molecule has 0 bridgehead atoms. The minimum absolute atomic E-state index is 0.315. The Labute approximate surface area is 125 Å². The molecule has 0 aromatic heterocycles. The lowest BCUT2D eigenvalue weighted by Gasteiger charge is -2.12. The van der Waals surface area contributed by atoms with E-state index in [0.717, 1.165) is 35.5 Å². The number of nitrogens with zero attached hydrogens (tertiary/aromatic N) is 1. The summed E-state index contributed by atoms with van der Waals surface area (Å²) in [6.07, 6.45) is 3.82. The van der Waals surface area contributed by atoms with Gasteiger partial charge in [-0.05, 0) is 36.5 Å². The van der Waals surface area contributed by atoms with Crippen molar-refractivity contribution in [3.63, 3.8) is 0 Å². The first-order valence-corrected chi connectivity index (χ1v) is 7.66. The molecule has 5 heteroatoms. The maximum atomic E-state index is 5.39. The van der Waals surface area contributed by atoms with E-state index in [-0.39, 0.29) is 0 Å². The Balaban J connectivity index is 1.49. The van der Waals surface area contributed by atoms with E-state index in [1.807, 2.05) is 25.2 Å². The fourth-order valence-electron chi connectivity index (χ4n) is 2.72. The second-order valence-electron chi connectivity index (χ2n) is 5.65. The molecule has 1 heterocycles. The fraction of sp³-hybridized carbons (Fsp3) is 0.562. The van der Waals surface area contributed by atoms with Crippen LogP contribution in [0.5, 0.6) is 11.5 Å². The van der Waals surface area contributed by atoms with Gasteiger partial charge in [-0.2, -0.15) is 0 Å². The van der Waals surface area contributed by atoms with Crippen molar-refractivity contribution in [2.24, 2.45) is 10.9 Å². The SMILES string of the molecule is CCCC1CC1NC(=NC)NCc1ccc2c(c1)OCO2. The predicted octanol–water partition coefficient (Wildman–Crippen LogP) is 2.27. The number of nitrogens with one attached hydrogen (secondary N) is 2. The Morgan fingerprint density at radius 3 is 3.00 bits per heavy atom. The second-order valence-corrected chi connectivity index (χ2v) is 5.65. The topological polar surface area (TPSA) is 54.9 Å². The lowest BCUT2D eigenvalue weighted by Crippen LogP contribution is -2.38. The lowest BCUT2D eigenvalue weighted by atomic mass is 10.2. The largest absolute Gasteiger partial charge is 0.454 e. The number of aliphatic imine (C=N–C) groups is 1. The maximum absolute atomic E-state index is 5.39. The van der Waals surface area contributed by atoms with E-state index in [1.54, 1.807) is 0 Å². The summed E-state index contributed by atoms with van der Waals surface area (Å²) >= 11 is 0. The van der Waals surface area contributed by atoms with E-state index >= 15 is 0 Å². The number of rotatable bonds is 5. The summed E-state index contributed by atoms with van der Waals surface area (Å²) in [7, 11) is 1.81. The molecule has 1 aliphatic carbocycles. The molecule has 0 saturated heterocycles. The third-order valence-electron chi connectivity index (χ3n) is 4.02. The predicted molar refractivity (Wildman–Crippen MR) is 82.7 cm³/mol. The van der Waals surface area contributed by atoms with Gasteiger partial charge >= 0.3 is 0 Å². The molecule has 2 N–H and O–H groups in total. The standard InChI is InChI=1S/C16H23N3O2/c1-3-4-12-8-13(12)19-16(17-2)18-9-11-5-6-14-15(7-11)21-10-20-14/h5-7,12-13H,3-4,8-10H2,1-2H3,(H2,17,18,19). The Morgan fingerprint density at radius 2 is 2.19 bits per heavy atom. The molecule has 114 valence electrons. The van der Waals surface area contributed by atoms with Gasteiger partial charge in [0.05, 0.1) is 0 Å². The molecule has 0 amide bonds. The molecule has 1 aromatic rings. The Bertz CT molecular complexity index is 530. The van der Waals surface area contributed by atoms with Crippen molar-refractivity contribution in [3.05, 3.63) is 23.8 Å². The van der Waals surface area contributed by atoms with Crippen molar-refractivity contribution in [2.45, 2.75) is 38.8 Å². The van der Waals surface area contributed by atoms with Gasteiger partial charge in [0.25, 0.3) is 0 Å². The quantitative estimate of drug-likeness (QED) is 0.645. The van der Waals surface area contributed by atoms with Gasteiger partial charge in [-0.1, -0.05) is 19.4 Å². The van der Waals surface area contributed by atoms with Gasteiger partial charge in [0.1, 0.15) is 0 Å². The first kappa shape index (κ1) is 14.0. The van der Waals surface area contributed by atoms with Crippen LogP contribution < -0.4 is 20.1 Å². The summed E-state index contributed by atoms with van der Waals surface area (Å²) < 4.78 is 10.7. The minimum Gasteiger partial charge on any atom is -0.454 e. The molecular formula is C16H23N3O2. The Kier molecular flexibility index (Phi) is 4.18. The summed E-state index contributed by atoms with van der Waals surface area (Å²) in [5.74, 6) is 3.33. The second kappa shape index (κ2) is 6.24. The van der Waals surface area contributed by atoms with E-state index in [4.69, 9.17) is 9.47 Å². The number of hydrogen-bond acceptors (Lipinski definition) is 3. The average Bonchev–Trinajstić information content (AvgIpc) is 3.05. The molecule has 2 atom stereocenters. The molecular weight excluding hydrogens is 266 g/mol. The first-order chi connectivity index (χ1) is 10.3. The number of benzene rings is 1. The molecule has 1 saturated carbocycles. The Hall–Kier alpha value is -1.91. The highest BCUT2D eigenvalue weighted by Crippen LogP contribution is 2.34. The van der Waals surface area contributed by atoms with Crippen LogP contribution in [0.4, 0.5) is 0 Å². The van der Waals surface area contributed by atoms with E-state index < -0.39 is 0 Å². The summed E-state index contributed by atoms with van der Waals surface area (Å²) in [5, 5.41) is 6.83. The number of fused-ring (bicyclic) bond motifs is 1. The van der Waals surface area contributed by atoms with Gasteiger partial charge < -0.3 is 20.1 Å². The highest BCUT2D eigenvalue weighted by Gasteiger charge is 2.36. The van der Waals surface area contributed by atoms with Crippen LogP contribution in [0.3, 0.4) is 0 Å². The molecule has 21 heavy (non-hydrogen) atoms. The summed E-state index contributed by atoms with van der Waals surface area (Å²) in [6.45, 7) is 3.28. The molecule has 1 aromatic carbocycles. The van der Waals surface area contributed by atoms with Crippen molar-refractivity contribution in [1.29, 1.82) is 0 Å². The van der Waals surface area contributed by atoms with E-state index in [0.29, 0.717) is 12.8 Å². The normalized spacial score (nSPS) is 23.0. The molecule has 0 radical (unpaired) electrons. The van der Waals surface area contributed by atoms with Crippen molar-refractivity contribution in [3.8, 4) is 11.5 Å². The molecule has 1 fully saturated rings. The van der Waals surface area contributed by atoms with E-state index in [2.05, 4.69) is 22.5 Å². The highest BCUT2D eigenvalue weighted by atomic mass is 16.7. The fourth-order valence-corrected chi connectivity index (χ4v) is 2.72. The third kappa shape index (κ3) is 3.40. The molecule has 3 rings (SSSR count). The van der Waals surface area contributed by atoms with E-state index in [1.165, 1.54) is 19.3 Å². The van der Waals surface area contributed by atoms with Crippen LogP contribution in [0.25, 0.3) is 0 Å². The number of hydrogen-bond donors (Lipinski definition) is 2. The van der Waals surface area contributed by atoms with Gasteiger partial charge in [-0.3, -0.25) is 4.99 Å². The monoisotopic (exact) mass is 289 g/mol. The van der Waals surface area contributed by atoms with Crippen molar-refractivity contribution >= 4 is 5.96 Å².